The van der Waals surface area contributed by atoms with E-state index in [4.69, 9.17) is 10.3 Å². The summed E-state index contributed by atoms with van der Waals surface area (Å²) in [7, 11) is -3.98. The van der Waals surface area contributed by atoms with E-state index in [-0.39, 0.29) is 36.1 Å². The van der Waals surface area contributed by atoms with Gasteiger partial charge in [0, 0.05) is 6.54 Å². The molecule has 0 aliphatic rings. The zero-order valence-corrected chi connectivity index (χ0v) is 6.27. The molecule has 0 radical (unpaired) electrons. The zero-order chi connectivity index (χ0) is 7.71. The summed E-state index contributed by atoms with van der Waals surface area (Å²) < 4.78 is 27.9. The maximum atomic E-state index is 10.4. The van der Waals surface area contributed by atoms with Crippen LogP contribution in [-0.4, -0.2) is 53.8 Å². The summed E-state index contributed by atoms with van der Waals surface area (Å²) in [5.41, 5.74) is 5.05. The number of nitrogens with two attached hydrogens (primary N) is 1. The molecular weight excluding hydrogens is 165 g/mol. The molecule has 0 aliphatic heterocycles. The Labute approximate surface area is 83.2 Å². The number of hydrogen-bond acceptors (Lipinski definition) is 3. The summed E-state index contributed by atoms with van der Waals surface area (Å²) >= 11 is 0. The fourth-order valence-corrected chi connectivity index (χ4v) is 0.316. The van der Waals surface area contributed by atoms with Gasteiger partial charge in [0.05, 0.1) is 0 Å². The third-order valence-electron chi connectivity index (χ3n) is 1.19. The van der Waals surface area contributed by atoms with Gasteiger partial charge in [-0.3, -0.25) is 4.55 Å². The van der Waals surface area contributed by atoms with E-state index in [2.05, 4.69) is 0 Å². The molecule has 0 saturated carbocycles. The van der Waals surface area contributed by atoms with Crippen molar-refractivity contribution in [2.24, 2.45) is 5.73 Å². The van der Waals surface area contributed by atoms with Crippen LogP contribution in [0.15, 0.2) is 0 Å². The molecule has 0 fully saturated rings. The number of hydrogen-bond donors (Lipinski definition) is 2. The number of rotatable bonds is 2. The molecule has 0 spiro atoms. The van der Waals surface area contributed by atoms with E-state index in [1.165, 1.54) is 13.8 Å². The van der Waals surface area contributed by atoms with Gasteiger partial charge in [-0.2, -0.15) is 8.42 Å². The van der Waals surface area contributed by atoms with Crippen molar-refractivity contribution in [1.29, 1.82) is 0 Å². The van der Waals surface area contributed by atoms with E-state index in [0.717, 1.165) is 0 Å². The molecule has 6 heteroatoms. The van der Waals surface area contributed by atoms with Gasteiger partial charge in [0.15, 0.2) is 0 Å². The SMILES string of the molecule is CC(C)(CN)S(=O)(=O)O.[NaH]. The average molecular weight is 177 g/mol. The first-order chi connectivity index (χ1) is 3.81. The van der Waals surface area contributed by atoms with Gasteiger partial charge in [0.25, 0.3) is 10.1 Å². The summed E-state index contributed by atoms with van der Waals surface area (Å²) in [6.45, 7) is 2.65. The van der Waals surface area contributed by atoms with E-state index in [1.807, 2.05) is 0 Å². The van der Waals surface area contributed by atoms with E-state index >= 15 is 0 Å². The van der Waals surface area contributed by atoms with Crippen LogP contribution in [0.25, 0.3) is 0 Å². The van der Waals surface area contributed by atoms with Crippen molar-refractivity contribution in [2.45, 2.75) is 18.6 Å². The van der Waals surface area contributed by atoms with Gasteiger partial charge < -0.3 is 5.73 Å². The minimum atomic E-state index is -3.98. The Kier molecular flexibility index (Phi) is 5.43. The molecular formula is C4H12NNaO3S. The van der Waals surface area contributed by atoms with Crippen molar-refractivity contribution in [3.63, 3.8) is 0 Å². The van der Waals surface area contributed by atoms with Crippen molar-refractivity contribution in [2.75, 3.05) is 6.54 Å². The fraction of sp³-hybridized carbons (Fsp3) is 1.00. The molecule has 0 atom stereocenters. The van der Waals surface area contributed by atoms with Crippen LogP contribution < -0.4 is 5.73 Å². The van der Waals surface area contributed by atoms with Gasteiger partial charge in [-0.05, 0) is 13.8 Å². The Morgan fingerprint density at radius 3 is 1.80 bits per heavy atom. The van der Waals surface area contributed by atoms with Crippen LogP contribution in [-0.2, 0) is 10.1 Å². The monoisotopic (exact) mass is 177 g/mol. The molecule has 58 valence electrons. The summed E-state index contributed by atoms with van der Waals surface area (Å²) in [5, 5.41) is 0. The minimum absolute atomic E-state index is 0. The molecule has 0 heterocycles. The van der Waals surface area contributed by atoms with Crippen molar-refractivity contribution < 1.29 is 13.0 Å². The average Bonchev–Trinajstić information content (AvgIpc) is 1.64. The standard InChI is InChI=1S/C4H11NO3S.Na.H/c1-4(2,3-5)9(6,7)8;;/h3,5H2,1-2H3,(H,6,7,8);;. The fourth-order valence-electron chi connectivity index (χ4n) is 0.105. The predicted octanol–water partition coefficient (Wildman–Crippen LogP) is -1.04. The Morgan fingerprint density at radius 2 is 1.80 bits per heavy atom. The molecule has 0 bridgehead atoms. The van der Waals surface area contributed by atoms with Gasteiger partial charge in [-0.1, -0.05) is 0 Å². The third kappa shape index (κ3) is 3.32. The van der Waals surface area contributed by atoms with Gasteiger partial charge in [0.1, 0.15) is 4.75 Å². The molecule has 0 aliphatic carbocycles. The zero-order valence-electron chi connectivity index (χ0n) is 5.46. The van der Waals surface area contributed by atoms with Crippen LogP contribution >= 0.6 is 0 Å². The maximum absolute atomic E-state index is 10.4. The molecule has 0 unspecified atom stereocenters. The molecule has 0 saturated heterocycles. The van der Waals surface area contributed by atoms with Gasteiger partial charge >= 0.3 is 29.6 Å². The first-order valence-corrected chi connectivity index (χ1v) is 3.92. The van der Waals surface area contributed by atoms with Crippen LogP contribution in [0.4, 0.5) is 0 Å². The molecule has 0 aromatic carbocycles. The summed E-state index contributed by atoms with van der Waals surface area (Å²) in [4.78, 5) is 0. The first-order valence-electron chi connectivity index (χ1n) is 2.48. The Morgan fingerprint density at radius 1 is 1.50 bits per heavy atom. The van der Waals surface area contributed by atoms with Crippen molar-refractivity contribution in [1.82, 2.24) is 0 Å². The van der Waals surface area contributed by atoms with Gasteiger partial charge in [0.2, 0.25) is 0 Å². The van der Waals surface area contributed by atoms with Gasteiger partial charge in [-0.15, -0.1) is 0 Å². The van der Waals surface area contributed by atoms with Crippen LogP contribution in [0, 0.1) is 0 Å². The molecule has 10 heavy (non-hydrogen) atoms. The molecule has 3 N–H and O–H groups in total. The molecule has 0 aromatic heterocycles. The Bertz CT molecular complexity index is 187. The van der Waals surface area contributed by atoms with E-state index in [1.54, 1.807) is 0 Å². The first kappa shape index (κ1) is 13.5. The Balaban J connectivity index is 0. The summed E-state index contributed by atoms with van der Waals surface area (Å²) in [5.74, 6) is 0. The van der Waals surface area contributed by atoms with Gasteiger partial charge in [-0.25, -0.2) is 0 Å². The molecule has 0 rings (SSSR count). The second-order valence-corrected chi connectivity index (χ2v) is 4.49. The van der Waals surface area contributed by atoms with Crippen molar-refractivity contribution in [3.05, 3.63) is 0 Å². The van der Waals surface area contributed by atoms with Crippen molar-refractivity contribution >= 4 is 39.7 Å². The quantitative estimate of drug-likeness (QED) is 0.417. The summed E-state index contributed by atoms with van der Waals surface area (Å²) in [6, 6.07) is 0. The molecule has 4 nitrogen and oxygen atoms in total. The van der Waals surface area contributed by atoms with E-state index < -0.39 is 14.9 Å². The second kappa shape index (κ2) is 4.04. The second-order valence-electron chi connectivity index (χ2n) is 2.44. The predicted molar refractivity (Wildman–Crippen MR) is 41.8 cm³/mol. The van der Waals surface area contributed by atoms with Crippen LogP contribution in [0.1, 0.15) is 13.8 Å². The Hall–Kier alpha value is 0.870. The molecule has 0 aromatic rings. The van der Waals surface area contributed by atoms with Crippen LogP contribution in [0.5, 0.6) is 0 Å². The van der Waals surface area contributed by atoms with Crippen LogP contribution in [0.3, 0.4) is 0 Å². The third-order valence-corrected chi connectivity index (χ3v) is 2.75. The topological polar surface area (TPSA) is 80.4 Å². The van der Waals surface area contributed by atoms with E-state index in [0.29, 0.717) is 0 Å². The summed E-state index contributed by atoms with van der Waals surface area (Å²) in [6.07, 6.45) is 0. The van der Waals surface area contributed by atoms with E-state index in [9.17, 15) is 8.42 Å². The molecule has 0 amide bonds. The van der Waals surface area contributed by atoms with Crippen LogP contribution in [0.2, 0.25) is 0 Å². The normalized spacial score (nSPS) is 12.4. The van der Waals surface area contributed by atoms with Crippen molar-refractivity contribution in [3.8, 4) is 0 Å².